The molecule has 6 heteroatoms. The van der Waals surface area contributed by atoms with Gasteiger partial charge in [-0.25, -0.2) is 4.98 Å². The number of nitrogens with two attached hydrogens (primary N) is 1. The summed E-state index contributed by atoms with van der Waals surface area (Å²) in [4.78, 5) is 11.1. The van der Waals surface area contributed by atoms with Crippen LogP contribution in [0.3, 0.4) is 0 Å². The summed E-state index contributed by atoms with van der Waals surface area (Å²) in [6, 6.07) is 2.19. The zero-order chi connectivity index (χ0) is 12.3. The topological polar surface area (TPSA) is 54.7 Å². The van der Waals surface area contributed by atoms with E-state index >= 15 is 0 Å². The Hall–Kier alpha value is -1.24. The summed E-state index contributed by atoms with van der Waals surface area (Å²) in [6.07, 6.45) is 2.20. The molecule has 0 fully saturated rings. The maximum atomic E-state index is 6.10. The minimum atomic E-state index is 0.462. The van der Waals surface area contributed by atoms with Crippen LogP contribution in [0.2, 0.25) is 0 Å². The van der Waals surface area contributed by atoms with Crippen molar-refractivity contribution in [2.45, 2.75) is 12.8 Å². The van der Waals surface area contributed by atoms with Gasteiger partial charge in [0.25, 0.3) is 0 Å². The highest BCUT2D eigenvalue weighted by Gasteiger charge is 2.24. The highest BCUT2D eigenvalue weighted by molar-refractivity contribution is 7.71. The van der Waals surface area contributed by atoms with E-state index in [9.17, 15) is 0 Å². The Labute approximate surface area is 116 Å². The Balaban J connectivity index is 2.20. The van der Waals surface area contributed by atoms with E-state index < -0.39 is 0 Å². The van der Waals surface area contributed by atoms with E-state index in [1.165, 1.54) is 20.9 Å². The van der Waals surface area contributed by atoms with Crippen molar-refractivity contribution in [2.75, 3.05) is 5.73 Å². The third-order valence-corrected chi connectivity index (χ3v) is 5.59. The summed E-state index contributed by atoms with van der Waals surface area (Å²) < 4.78 is 0.462. The number of aromatic amines is 1. The van der Waals surface area contributed by atoms with Gasteiger partial charge in [0.15, 0.2) is 4.77 Å². The van der Waals surface area contributed by atoms with Crippen LogP contribution in [0.1, 0.15) is 9.75 Å². The van der Waals surface area contributed by atoms with Crippen molar-refractivity contribution in [2.24, 2.45) is 0 Å². The first-order valence-electron chi connectivity index (χ1n) is 5.62. The molecule has 0 saturated heterocycles. The molecule has 0 spiro atoms. The number of nitrogens with one attached hydrogen (secondary N) is 1. The number of aromatic nitrogens is 2. The van der Waals surface area contributed by atoms with E-state index in [0.717, 1.165) is 23.1 Å². The van der Waals surface area contributed by atoms with Crippen LogP contribution in [-0.4, -0.2) is 9.97 Å². The molecule has 3 aromatic heterocycles. The summed E-state index contributed by atoms with van der Waals surface area (Å²) in [5, 5.41) is 3.20. The lowest BCUT2D eigenvalue weighted by Crippen LogP contribution is -1.99. The van der Waals surface area contributed by atoms with E-state index in [4.69, 9.17) is 18.0 Å². The van der Waals surface area contributed by atoms with Crippen LogP contribution in [0.4, 0.5) is 5.82 Å². The van der Waals surface area contributed by atoms with Crippen molar-refractivity contribution in [3.05, 3.63) is 26.0 Å². The molecule has 0 aliphatic heterocycles. The van der Waals surface area contributed by atoms with Crippen molar-refractivity contribution in [1.82, 2.24) is 9.97 Å². The molecular weight excluding hydrogens is 282 g/mol. The number of H-pyrrole nitrogens is 1. The second-order valence-corrected chi connectivity index (χ2v) is 6.76. The quantitative estimate of drug-likeness (QED) is 0.620. The highest BCUT2D eigenvalue weighted by atomic mass is 32.1. The van der Waals surface area contributed by atoms with Gasteiger partial charge < -0.3 is 10.7 Å². The van der Waals surface area contributed by atoms with Crippen molar-refractivity contribution in [3.8, 4) is 11.1 Å². The van der Waals surface area contributed by atoms with Crippen LogP contribution in [0.5, 0.6) is 0 Å². The number of rotatable bonds is 0. The van der Waals surface area contributed by atoms with Crippen LogP contribution in [0, 0.1) is 4.77 Å². The van der Waals surface area contributed by atoms with Crippen molar-refractivity contribution < 1.29 is 0 Å². The maximum Gasteiger partial charge on any atom is 0.199 e. The second-order valence-electron chi connectivity index (χ2n) is 4.29. The normalized spacial score (nSPS) is 13.6. The van der Waals surface area contributed by atoms with Crippen LogP contribution < -0.4 is 5.73 Å². The average molecular weight is 291 g/mol. The smallest absolute Gasteiger partial charge is 0.199 e. The zero-order valence-corrected chi connectivity index (χ0v) is 11.8. The zero-order valence-electron chi connectivity index (χ0n) is 9.32. The van der Waals surface area contributed by atoms with Gasteiger partial charge in [0.1, 0.15) is 10.6 Å². The van der Waals surface area contributed by atoms with Crippen LogP contribution >= 0.6 is 34.9 Å². The van der Waals surface area contributed by atoms with Gasteiger partial charge in [-0.15, -0.1) is 22.7 Å². The number of anilines is 1. The number of nitrogens with zero attached hydrogens (tertiary/aromatic N) is 1. The van der Waals surface area contributed by atoms with Gasteiger partial charge in [-0.05, 0) is 42.1 Å². The Bertz CT molecular complexity index is 825. The lowest BCUT2D eigenvalue weighted by molar-refractivity contribution is 0.989. The largest absolute Gasteiger partial charge is 0.385 e. The minimum absolute atomic E-state index is 0.462. The van der Waals surface area contributed by atoms with E-state index in [2.05, 4.69) is 21.4 Å². The molecule has 0 saturated carbocycles. The van der Waals surface area contributed by atoms with E-state index in [1.54, 1.807) is 11.3 Å². The molecule has 0 bridgehead atoms. The van der Waals surface area contributed by atoms with Crippen LogP contribution in [0.25, 0.3) is 21.3 Å². The molecule has 18 heavy (non-hydrogen) atoms. The monoisotopic (exact) mass is 291 g/mol. The summed E-state index contributed by atoms with van der Waals surface area (Å²) in [5.41, 5.74) is 8.70. The molecule has 1 aliphatic carbocycles. The molecular formula is C12H9N3S3. The molecule has 90 valence electrons. The molecule has 0 aromatic carbocycles. The fraction of sp³-hybridized carbons (Fsp3) is 0.167. The molecule has 4 rings (SSSR count). The van der Waals surface area contributed by atoms with Crippen LogP contribution in [0.15, 0.2) is 11.4 Å². The summed E-state index contributed by atoms with van der Waals surface area (Å²) >= 11 is 8.64. The highest BCUT2D eigenvalue weighted by Crippen LogP contribution is 2.46. The molecule has 3 nitrogen and oxygen atoms in total. The fourth-order valence-electron chi connectivity index (χ4n) is 2.54. The predicted octanol–water partition coefficient (Wildman–Crippen LogP) is 3.76. The molecule has 0 amide bonds. The number of hydrogen-bond acceptors (Lipinski definition) is 5. The number of fused-ring (bicyclic) bond motifs is 5. The van der Waals surface area contributed by atoms with Gasteiger partial charge >= 0.3 is 0 Å². The molecule has 0 radical (unpaired) electrons. The lowest BCUT2D eigenvalue weighted by atomic mass is 9.95. The first-order valence-corrected chi connectivity index (χ1v) is 7.72. The Kier molecular flexibility index (Phi) is 2.15. The van der Waals surface area contributed by atoms with Gasteiger partial charge in [0.05, 0.1) is 5.39 Å². The summed E-state index contributed by atoms with van der Waals surface area (Å²) in [7, 11) is 0. The summed E-state index contributed by atoms with van der Waals surface area (Å²) in [5.74, 6) is 0.640. The Morgan fingerprint density at radius 1 is 1.33 bits per heavy atom. The third kappa shape index (κ3) is 1.33. The lowest BCUT2D eigenvalue weighted by Gasteiger charge is -2.12. The van der Waals surface area contributed by atoms with Crippen molar-refractivity contribution in [3.63, 3.8) is 0 Å². The Morgan fingerprint density at radius 3 is 3.06 bits per heavy atom. The first kappa shape index (κ1) is 10.7. The van der Waals surface area contributed by atoms with Crippen molar-refractivity contribution >= 4 is 50.9 Å². The van der Waals surface area contributed by atoms with Gasteiger partial charge in [-0.2, -0.15) is 0 Å². The number of hydrogen-bond donors (Lipinski definition) is 2. The average Bonchev–Trinajstić information content (AvgIpc) is 2.89. The standard InChI is InChI=1S/C12H9N3S3/c13-10-9-8-5-3-4-17-6(5)1-2-7(8)18-11(9)15-12(16)14-10/h3-4H,1-2H2,(H3,13,14,15,16). The van der Waals surface area contributed by atoms with E-state index in [0.29, 0.717) is 10.6 Å². The predicted molar refractivity (Wildman–Crippen MR) is 79.9 cm³/mol. The Morgan fingerprint density at radius 2 is 2.17 bits per heavy atom. The second kappa shape index (κ2) is 3.63. The molecule has 1 aliphatic rings. The van der Waals surface area contributed by atoms with Gasteiger partial charge in [-0.3, -0.25) is 0 Å². The van der Waals surface area contributed by atoms with Gasteiger partial charge in [-0.1, -0.05) is 0 Å². The number of thiophene rings is 2. The molecule has 0 atom stereocenters. The third-order valence-electron chi connectivity index (χ3n) is 3.27. The SMILES string of the molecule is Nc1[nH]c(=S)nc2sc3c(c12)-c1ccsc1CC3. The minimum Gasteiger partial charge on any atom is -0.385 e. The van der Waals surface area contributed by atoms with E-state index in [1.807, 2.05) is 11.3 Å². The van der Waals surface area contributed by atoms with Gasteiger partial charge in [0, 0.05) is 15.3 Å². The fourth-order valence-corrected chi connectivity index (χ4v) is 4.88. The molecule has 3 heterocycles. The van der Waals surface area contributed by atoms with Crippen molar-refractivity contribution in [1.29, 1.82) is 0 Å². The molecule has 0 unspecified atom stereocenters. The summed E-state index contributed by atoms with van der Waals surface area (Å²) in [6.45, 7) is 0. The van der Waals surface area contributed by atoms with E-state index in [-0.39, 0.29) is 0 Å². The molecule has 3 N–H and O–H groups in total. The van der Waals surface area contributed by atoms with Gasteiger partial charge in [0.2, 0.25) is 0 Å². The number of aryl methyl sites for hydroxylation is 2. The first-order chi connectivity index (χ1) is 8.74. The maximum absolute atomic E-state index is 6.10. The number of nitrogen functional groups attached to an aromatic ring is 1. The van der Waals surface area contributed by atoms with Crippen LogP contribution in [-0.2, 0) is 12.8 Å². The molecule has 3 aromatic rings.